The largest absolute Gasteiger partial charge is 0.377 e. The summed E-state index contributed by atoms with van der Waals surface area (Å²) >= 11 is 0. The molecule has 0 saturated heterocycles. The van der Waals surface area contributed by atoms with E-state index in [0.29, 0.717) is 12.5 Å². The summed E-state index contributed by atoms with van der Waals surface area (Å²) in [6.45, 7) is 5.78. The first-order chi connectivity index (χ1) is 6.79. The molecule has 2 nitrogen and oxygen atoms in total. The van der Waals surface area contributed by atoms with Gasteiger partial charge < -0.3 is 4.74 Å². The zero-order valence-corrected chi connectivity index (χ0v) is 8.81. The van der Waals surface area contributed by atoms with Crippen molar-refractivity contribution in [2.24, 2.45) is 5.92 Å². The minimum Gasteiger partial charge on any atom is -0.377 e. The number of nitrogens with zero attached hydrogens (tertiary/aromatic N) is 1. The summed E-state index contributed by atoms with van der Waals surface area (Å²) in [5.41, 5.74) is 1.11. The molecule has 0 radical (unpaired) electrons. The number of rotatable bonds is 5. The van der Waals surface area contributed by atoms with Crippen molar-refractivity contribution < 1.29 is 4.74 Å². The summed E-state index contributed by atoms with van der Waals surface area (Å²) in [6.07, 6.45) is 7.64. The molecule has 0 unspecified atom stereocenters. The molecule has 0 aliphatic rings. The van der Waals surface area contributed by atoms with Crippen LogP contribution < -0.4 is 0 Å². The first kappa shape index (κ1) is 10.9. The first-order valence-corrected chi connectivity index (χ1v) is 4.93. The van der Waals surface area contributed by atoms with Crippen LogP contribution in [-0.2, 0) is 4.74 Å². The van der Waals surface area contributed by atoms with Gasteiger partial charge in [-0.15, -0.1) is 0 Å². The molecule has 1 aromatic rings. The third-order valence-corrected chi connectivity index (χ3v) is 1.66. The second-order valence-electron chi connectivity index (χ2n) is 3.62. The minimum atomic E-state index is 0.599. The monoisotopic (exact) mass is 191 g/mol. The molecule has 0 N–H and O–H groups in total. The Hall–Kier alpha value is -1.15. The van der Waals surface area contributed by atoms with Crippen molar-refractivity contribution >= 4 is 6.08 Å². The Morgan fingerprint density at radius 3 is 3.00 bits per heavy atom. The first-order valence-electron chi connectivity index (χ1n) is 4.93. The van der Waals surface area contributed by atoms with E-state index in [9.17, 15) is 0 Å². The summed E-state index contributed by atoms with van der Waals surface area (Å²) in [5.74, 6) is 0.599. The third-order valence-electron chi connectivity index (χ3n) is 1.66. The molecule has 0 saturated carbocycles. The van der Waals surface area contributed by atoms with E-state index >= 15 is 0 Å². The summed E-state index contributed by atoms with van der Waals surface area (Å²) in [6, 6.07) is 3.95. The molecule has 2 heteroatoms. The summed E-state index contributed by atoms with van der Waals surface area (Å²) in [7, 11) is 0. The zero-order valence-electron chi connectivity index (χ0n) is 8.81. The predicted molar refractivity (Wildman–Crippen MR) is 58.9 cm³/mol. The molecule has 0 aromatic carbocycles. The van der Waals surface area contributed by atoms with Gasteiger partial charge in [0.25, 0.3) is 0 Å². The van der Waals surface area contributed by atoms with Crippen LogP contribution in [0, 0.1) is 5.92 Å². The highest BCUT2D eigenvalue weighted by molar-refractivity contribution is 5.47. The standard InChI is InChI=1S/C12H17NO/c1-11(2)10-14-8-4-6-12-5-3-7-13-9-12/h3-7,9,11H,8,10H2,1-2H3/b6-4+. The molecule has 14 heavy (non-hydrogen) atoms. The van der Waals surface area contributed by atoms with Crippen LogP contribution in [0.1, 0.15) is 19.4 Å². The lowest BCUT2D eigenvalue weighted by atomic mass is 10.2. The highest BCUT2D eigenvalue weighted by Crippen LogP contribution is 1.98. The van der Waals surface area contributed by atoms with E-state index in [0.717, 1.165) is 12.2 Å². The van der Waals surface area contributed by atoms with E-state index in [-0.39, 0.29) is 0 Å². The molecule has 0 spiro atoms. The minimum absolute atomic E-state index is 0.599. The van der Waals surface area contributed by atoms with Crippen molar-refractivity contribution in [2.45, 2.75) is 13.8 Å². The maximum absolute atomic E-state index is 5.41. The van der Waals surface area contributed by atoms with Crippen molar-refractivity contribution in [2.75, 3.05) is 13.2 Å². The van der Waals surface area contributed by atoms with Crippen LogP contribution in [0.2, 0.25) is 0 Å². The van der Waals surface area contributed by atoms with Gasteiger partial charge in [0.2, 0.25) is 0 Å². The normalized spacial score (nSPS) is 11.4. The molecule has 0 fully saturated rings. The van der Waals surface area contributed by atoms with Crippen molar-refractivity contribution in [3.63, 3.8) is 0 Å². The second-order valence-corrected chi connectivity index (χ2v) is 3.62. The van der Waals surface area contributed by atoms with Gasteiger partial charge in [0.15, 0.2) is 0 Å². The third kappa shape index (κ3) is 4.77. The molecule has 0 atom stereocenters. The van der Waals surface area contributed by atoms with Gasteiger partial charge in [0.05, 0.1) is 6.61 Å². The van der Waals surface area contributed by atoms with Crippen molar-refractivity contribution in [3.05, 3.63) is 36.2 Å². The maximum Gasteiger partial charge on any atom is 0.0650 e. The lowest BCUT2D eigenvalue weighted by Gasteiger charge is -2.02. The number of pyridine rings is 1. The van der Waals surface area contributed by atoms with Gasteiger partial charge in [-0.1, -0.05) is 32.1 Å². The van der Waals surface area contributed by atoms with Crippen molar-refractivity contribution in [3.8, 4) is 0 Å². The van der Waals surface area contributed by atoms with Crippen molar-refractivity contribution in [1.82, 2.24) is 4.98 Å². The van der Waals surface area contributed by atoms with Crippen LogP contribution in [0.3, 0.4) is 0 Å². The molecular weight excluding hydrogens is 174 g/mol. The van der Waals surface area contributed by atoms with Gasteiger partial charge in [-0.2, -0.15) is 0 Å². The molecule has 1 heterocycles. The topological polar surface area (TPSA) is 22.1 Å². The van der Waals surface area contributed by atoms with Gasteiger partial charge in [-0.05, 0) is 17.5 Å². The molecule has 1 rings (SSSR count). The van der Waals surface area contributed by atoms with E-state index < -0.39 is 0 Å². The van der Waals surface area contributed by atoms with Crippen LogP contribution in [0.4, 0.5) is 0 Å². The summed E-state index contributed by atoms with van der Waals surface area (Å²) < 4.78 is 5.41. The van der Waals surface area contributed by atoms with Gasteiger partial charge in [-0.25, -0.2) is 0 Å². The lowest BCUT2D eigenvalue weighted by molar-refractivity contribution is 0.135. The molecular formula is C12H17NO. The number of hydrogen-bond acceptors (Lipinski definition) is 2. The summed E-state index contributed by atoms with van der Waals surface area (Å²) in [5, 5.41) is 0. The molecule has 0 bridgehead atoms. The maximum atomic E-state index is 5.41. The molecule has 1 aromatic heterocycles. The fourth-order valence-electron chi connectivity index (χ4n) is 1.03. The molecule has 76 valence electrons. The van der Waals surface area contributed by atoms with Crippen LogP contribution in [-0.4, -0.2) is 18.2 Å². The fourth-order valence-corrected chi connectivity index (χ4v) is 1.03. The zero-order chi connectivity index (χ0) is 10.2. The smallest absolute Gasteiger partial charge is 0.0650 e. The van der Waals surface area contributed by atoms with Gasteiger partial charge in [-0.3, -0.25) is 4.98 Å². The van der Waals surface area contributed by atoms with E-state index in [4.69, 9.17) is 4.74 Å². The molecule has 0 aliphatic carbocycles. The Balaban J connectivity index is 2.21. The van der Waals surface area contributed by atoms with Gasteiger partial charge >= 0.3 is 0 Å². The Morgan fingerprint density at radius 2 is 2.36 bits per heavy atom. The number of aromatic nitrogens is 1. The lowest BCUT2D eigenvalue weighted by Crippen LogP contribution is -2.01. The SMILES string of the molecule is CC(C)COC/C=C/c1cccnc1. The van der Waals surface area contributed by atoms with Crippen molar-refractivity contribution in [1.29, 1.82) is 0 Å². The Labute approximate surface area is 85.6 Å². The van der Waals surface area contributed by atoms with E-state index in [1.807, 2.05) is 30.5 Å². The predicted octanol–water partition coefficient (Wildman–Crippen LogP) is 2.77. The van der Waals surface area contributed by atoms with E-state index in [1.54, 1.807) is 6.20 Å². The Bertz CT molecular complexity index is 267. The fraction of sp³-hybridized carbons (Fsp3) is 0.417. The van der Waals surface area contributed by atoms with Gasteiger partial charge in [0.1, 0.15) is 0 Å². The van der Waals surface area contributed by atoms with Gasteiger partial charge in [0, 0.05) is 19.0 Å². The average molecular weight is 191 g/mol. The molecule has 0 aliphatic heterocycles. The van der Waals surface area contributed by atoms with E-state index in [1.165, 1.54) is 0 Å². The van der Waals surface area contributed by atoms with Crippen LogP contribution >= 0.6 is 0 Å². The highest BCUT2D eigenvalue weighted by Gasteiger charge is 1.90. The number of ether oxygens (including phenoxy) is 1. The average Bonchev–Trinajstić information content (AvgIpc) is 2.18. The van der Waals surface area contributed by atoms with E-state index in [2.05, 4.69) is 18.8 Å². The van der Waals surface area contributed by atoms with Crippen LogP contribution in [0.5, 0.6) is 0 Å². The van der Waals surface area contributed by atoms with Crippen LogP contribution in [0.15, 0.2) is 30.6 Å². The van der Waals surface area contributed by atoms with Crippen LogP contribution in [0.25, 0.3) is 6.08 Å². The quantitative estimate of drug-likeness (QED) is 0.668. The Kier molecular flexibility index (Phi) is 4.94. The number of hydrogen-bond donors (Lipinski definition) is 0. The summed E-state index contributed by atoms with van der Waals surface area (Å²) in [4.78, 5) is 4.02. The Morgan fingerprint density at radius 1 is 1.50 bits per heavy atom. The highest BCUT2D eigenvalue weighted by atomic mass is 16.5. The second kappa shape index (κ2) is 6.33. The molecule has 0 amide bonds.